The predicted octanol–water partition coefficient (Wildman–Crippen LogP) is 3.13. The largest absolute Gasteiger partial charge is 0.315 e. The zero-order chi connectivity index (χ0) is 14.4. The van der Waals surface area contributed by atoms with Crippen molar-refractivity contribution >= 4 is 0 Å². The lowest BCUT2D eigenvalue weighted by Gasteiger charge is -2.35. The third-order valence-electron chi connectivity index (χ3n) is 4.54. The Morgan fingerprint density at radius 3 is 2.75 bits per heavy atom. The Morgan fingerprint density at radius 1 is 1.25 bits per heavy atom. The zero-order valence-corrected chi connectivity index (χ0v) is 13.2. The van der Waals surface area contributed by atoms with E-state index < -0.39 is 0 Å². The Bertz CT molecular complexity index is 405. The smallest absolute Gasteiger partial charge is 0.0547 e. The molecule has 1 heterocycles. The molecule has 3 nitrogen and oxygen atoms in total. The van der Waals surface area contributed by atoms with Crippen molar-refractivity contribution in [2.45, 2.75) is 64.6 Å². The highest BCUT2D eigenvalue weighted by atomic mass is 15.2. The van der Waals surface area contributed by atoms with Crippen LogP contribution in [0.2, 0.25) is 0 Å². The number of aromatic nitrogens is 1. The van der Waals surface area contributed by atoms with Crippen molar-refractivity contribution in [1.29, 1.82) is 0 Å². The molecular formula is C17H29N3. The molecule has 2 unspecified atom stereocenters. The van der Waals surface area contributed by atoms with E-state index in [-0.39, 0.29) is 0 Å². The van der Waals surface area contributed by atoms with E-state index in [9.17, 15) is 0 Å². The third kappa shape index (κ3) is 4.03. The van der Waals surface area contributed by atoms with Crippen molar-refractivity contribution in [1.82, 2.24) is 15.2 Å². The molecule has 1 aromatic heterocycles. The first-order valence-corrected chi connectivity index (χ1v) is 8.08. The Balaban J connectivity index is 2.09. The van der Waals surface area contributed by atoms with Gasteiger partial charge in [0.2, 0.25) is 0 Å². The van der Waals surface area contributed by atoms with E-state index in [1.54, 1.807) is 0 Å². The number of nitrogens with zero attached hydrogens (tertiary/aromatic N) is 2. The molecule has 112 valence electrons. The summed E-state index contributed by atoms with van der Waals surface area (Å²) in [6.07, 6.45) is 6.72. The summed E-state index contributed by atoms with van der Waals surface area (Å²) in [6, 6.07) is 7.62. The van der Waals surface area contributed by atoms with Crippen molar-refractivity contribution in [3.8, 4) is 0 Å². The molecule has 1 aliphatic rings. The fraction of sp³-hybridized carbons (Fsp3) is 0.706. The first-order valence-electron chi connectivity index (χ1n) is 8.08. The average Bonchev–Trinajstić information content (AvgIpc) is 2.70. The highest BCUT2D eigenvalue weighted by Crippen LogP contribution is 2.23. The lowest BCUT2D eigenvalue weighted by Crippen LogP contribution is -2.48. The second kappa shape index (κ2) is 7.75. The molecule has 0 amide bonds. The number of likely N-dealkylation sites (N-methyl/N-ethyl adjacent to an activating group) is 2. The van der Waals surface area contributed by atoms with E-state index in [4.69, 9.17) is 0 Å². The lowest BCUT2D eigenvalue weighted by molar-refractivity contribution is 0.149. The minimum absolute atomic E-state index is 0.627. The van der Waals surface area contributed by atoms with Crippen LogP contribution < -0.4 is 5.32 Å². The molecule has 0 radical (unpaired) electrons. The van der Waals surface area contributed by atoms with E-state index in [0.29, 0.717) is 12.1 Å². The zero-order valence-electron chi connectivity index (χ0n) is 13.2. The van der Waals surface area contributed by atoms with Gasteiger partial charge in [0.05, 0.1) is 5.69 Å². The van der Waals surface area contributed by atoms with Gasteiger partial charge in [-0.2, -0.15) is 0 Å². The van der Waals surface area contributed by atoms with Crippen molar-refractivity contribution in [3.05, 3.63) is 29.6 Å². The van der Waals surface area contributed by atoms with Gasteiger partial charge in [-0.25, -0.2) is 0 Å². The van der Waals surface area contributed by atoms with Crippen LogP contribution in [0.5, 0.6) is 0 Å². The minimum atomic E-state index is 0.627. The lowest BCUT2D eigenvalue weighted by atomic mass is 10.0. The first-order chi connectivity index (χ1) is 9.74. The van der Waals surface area contributed by atoms with E-state index in [1.165, 1.54) is 37.8 Å². The number of hydrogen-bond donors (Lipinski definition) is 1. The number of rotatable bonds is 5. The molecule has 0 aliphatic heterocycles. The number of pyridine rings is 1. The van der Waals surface area contributed by atoms with Gasteiger partial charge in [-0.1, -0.05) is 32.3 Å². The van der Waals surface area contributed by atoms with Gasteiger partial charge in [0, 0.05) is 24.3 Å². The van der Waals surface area contributed by atoms with Crippen molar-refractivity contribution in [2.75, 3.05) is 13.6 Å². The monoisotopic (exact) mass is 275 g/mol. The Labute approximate surface area is 123 Å². The SMILES string of the molecule is CCN(Cc1cccc(C)n1)C1CCCCCC1NC. The van der Waals surface area contributed by atoms with E-state index in [0.717, 1.165) is 18.8 Å². The van der Waals surface area contributed by atoms with Gasteiger partial charge in [0.1, 0.15) is 0 Å². The van der Waals surface area contributed by atoms with Gasteiger partial charge in [0.15, 0.2) is 0 Å². The summed E-state index contributed by atoms with van der Waals surface area (Å²) in [5.41, 5.74) is 2.32. The molecule has 1 aliphatic carbocycles. The van der Waals surface area contributed by atoms with E-state index in [1.807, 2.05) is 0 Å². The van der Waals surface area contributed by atoms with Gasteiger partial charge in [-0.15, -0.1) is 0 Å². The Hall–Kier alpha value is -0.930. The summed E-state index contributed by atoms with van der Waals surface area (Å²) < 4.78 is 0. The average molecular weight is 275 g/mol. The molecular weight excluding hydrogens is 246 g/mol. The van der Waals surface area contributed by atoms with Crippen LogP contribution in [0.1, 0.15) is 50.4 Å². The van der Waals surface area contributed by atoms with E-state index >= 15 is 0 Å². The summed E-state index contributed by atoms with van der Waals surface area (Å²) in [4.78, 5) is 7.27. The van der Waals surface area contributed by atoms with Crippen molar-refractivity contribution in [2.24, 2.45) is 0 Å². The highest BCUT2D eigenvalue weighted by Gasteiger charge is 2.27. The Kier molecular flexibility index (Phi) is 5.99. The van der Waals surface area contributed by atoms with Crippen LogP contribution in [0.4, 0.5) is 0 Å². The molecule has 20 heavy (non-hydrogen) atoms. The van der Waals surface area contributed by atoms with Gasteiger partial charge in [0.25, 0.3) is 0 Å². The number of nitrogens with one attached hydrogen (secondary N) is 1. The highest BCUT2D eigenvalue weighted by molar-refractivity contribution is 5.10. The van der Waals surface area contributed by atoms with Gasteiger partial charge in [-0.05, 0) is 45.5 Å². The van der Waals surface area contributed by atoms with Crippen LogP contribution in [-0.4, -0.2) is 35.6 Å². The molecule has 2 atom stereocenters. The Morgan fingerprint density at radius 2 is 2.05 bits per heavy atom. The standard InChI is InChI=1S/C17H29N3/c1-4-20(13-15-10-8-9-14(2)19-15)17-12-7-5-6-11-16(17)18-3/h8-10,16-18H,4-7,11-13H2,1-3H3. The molecule has 0 spiro atoms. The molecule has 1 aromatic rings. The molecule has 0 saturated heterocycles. The molecule has 2 rings (SSSR count). The van der Waals surface area contributed by atoms with E-state index in [2.05, 4.69) is 54.3 Å². The second-order valence-electron chi connectivity index (χ2n) is 5.93. The van der Waals surface area contributed by atoms with Crippen molar-refractivity contribution in [3.63, 3.8) is 0 Å². The first kappa shape index (κ1) is 15.5. The topological polar surface area (TPSA) is 28.2 Å². The van der Waals surface area contributed by atoms with Gasteiger partial charge in [-0.3, -0.25) is 9.88 Å². The minimum Gasteiger partial charge on any atom is -0.315 e. The maximum absolute atomic E-state index is 4.67. The van der Waals surface area contributed by atoms with Crippen LogP contribution in [0.3, 0.4) is 0 Å². The molecule has 1 N–H and O–H groups in total. The number of hydrogen-bond acceptors (Lipinski definition) is 3. The summed E-state index contributed by atoms with van der Waals surface area (Å²) in [5, 5.41) is 3.54. The molecule has 3 heteroatoms. The van der Waals surface area contributed by atoms with Crippen molar-refractivity contribution < 1.29 is 0 Å². The second-order valence-corrected chi connectivity index (χ2v) is 5.93. The summed E-state index contributed by atoms with van der Waals surface area (Å²) in [6.45, 7) is 6.41. The fourth-order valence-corrected chi connectivity index (χ4v) is 3.42. The molecule has 1 fully saturated rings. The van der Waals surface area contributed by atoms with Gasteiger partial charge >= 0.3 is 0 Å². The maximum Gasteiger partial charge on any atom is 0.0547 e. The quantitative estimate of drug-likeness (QED) is 0.837. The molecule has 0 aromatic carbocycles. The molecule has 0 bridgehead atoms. The number of aryl methyl sites for hydroxylation is 1. The summed E-state index contributed by atoms with van der Waals surface area (Å²) in [5.74, 6) is 0. The fourth-order valence-electron chi connectivity index (χ4n) is 3.42. The van der Waals surface area contributed by atoms with Crippen LogP contribution in [0, 0.1) is 6.92 Å². The summed E-state index contributed by atoms with van der Waals surface area (Å²) in [7, 11) is 2.11. The molecule has 1 saturated carbocycles. The predicted molar refractivity (Wildman–Crippen MR) is 84.8 cm³/mol. The summed E-state index contributed by atoms with van der Waals surface area (Å²) >= 11 is 0. The van der Waals surface area contributed by atoms with Crippen LogP contribution in [0.25, 0.3) is 0 Å². The normalized spacial score (nSPS) is 23.8. The third-order valence-corrected chi connectivity index (χ3v) is 4.54. The maximum atomic E-state index is 4.67. The van der Waals surface area contributed by atoms with Gasteiger partial charge < -0.3 is 5.32 Å². The van der Waals surface area contributed by atoms with Crippen LogP contribution in [-0.2, 0) is 6.54 Å². The van der Waals surface area contributed by atoms with Crippen LogP contribution in [0.15, 0.2) is 18.2 Å². The van der Waals surface area contributed by atoms with Crippen LogP contribution >= 0.6 is 0 Å².